The van der Waals surface area contributed by atoms with Crippen LogP contribution in [0.1, 0.15) is 11.1 Å². The van der Waals surface area contributed by atoms with Gasteiger partial charge in [0, 0.05) is 36.1 Å². The first-order valence-electron chi connectivity index (χ1n) is 6.68. The second-order valence-corrected chi connectivity index (χ2v) is 5.01. The summed E-state index contributed by atoms with van der Waals surface area (Å²) in [6, 6.07) is 13.1. The molecule has 0 amide bonds. The molecule has 0 unspecified atom stereocenters. The third-order valence-electron chi connectivity index (χ3n) is 3.53. The summed E-state index contributed by atoms with van der Waals surface area (Å²) in [5.41, 5.74) is 4.08. The average Bonchev–Trinajstić information content (AvgIpc) is 2.93. The molecule has 5 nitrogen and oxygen atoms in total. The van der Waals surface area contributed by atoms with Gasteiger partial charge in [0.15, 0.2) is 0 Å². The second kappa shape index (κ2) is 5.28. The van der Waals surface area contributed by atoms with E-state index in [2.05, 4.69) is 28.5 Å². The van der Waals surface area contributed by atoms with E-state index < -0.39 is 0 Å². The molecule has 0 atom stereocenters. The van der Waals surface area contributed by atoms with Crippen LogP contribution in [0.5, 0.6) is 0 Å². The highest BCUT2D eigenvalue weighted by molar-refractivity contribution is 5.79. The summed E-state index contributed by atoms with van der Waals surface area (Å²) < 4.78 is 0. The molecule has 0 aliphatic carbocycles. The molecule has 0 aliphatic heterocycles. The normalized spacial score (nSPS) is 10.7. The molecule has 1 aromatic heterocycles. The van der Waals surface area contributed by atoms with Gasteiger partial charge in [0.05, 0.1) is 4.92 Å². The van der Waals surface area contributed by atoms with Crippen molar-refractivity contribution in [3.63, 3.8) is 0 Å². The van der Waals surface area contributed by atoms with Gasteiger partial charge in [-0.2, -0.15) is 0 Å². The Morgan fingerprint density at radius 1 is 1.19 bits per heavy atom. The number of benzene rings is 2. The first-order valence-corrected chi connectivity index (χ1v) is 6.68. The summed E-state index contributed by atoms with van der Waals surface area (Å²) in [5, 5.41) is 15.3. The highest BCUT2D eigenvalue weighted by Crippen LogP contribution is 2.23. The minimum absolute atomic E-state index is 0.0999. The molecule has 0 fully saturated rings. The molecule has 2 N–H and O–H groups in total. The lowest BCUT2D eigenvalue weighted by Gasteiger charge is -2.09. The van der Waals surface area contributed by atoms with Crippen LogP contribution in [0.4, 0.5) is 11.4 Å². The smallest absolute Gasteiger partial charge is 0.271 e. The Bertz CT molecular complexity index is 808. The number of hydrogen-bond donors (Lipinski definition) is 2. The Kier molecular flexibility index (Phi) is 3.31. The third-order valence-corrected chi connectivity index (χ3v) is 3.53. The van der Waals surface area contributed by atoms with E-state index in [1.54, 1.807) is 12.1 Å². The van der Waals surface area contributed by atoms with Crippen molar-refractivity contribution in [1.82, 2.24) is 4.98 Å². The molecule has 0 saturated heterocycles. The lowest BCUT2D eigenvalue weighted by atomic mass is 10.1. The van der Waals surface area contributed by atoms with E-state index in [0.717, 1.165) is 22.3 Å². The van der Waals surface area contributed by atoms with E-state index in [4.69, 9.17) is 0 Å². The Balaban J connectivity index is 1.80. The number of anilines is 1. The van der Waals surface area contributed by atoms with Crippen molar-refractivity contribution < 1.29 is 4.92 Å². The maximum absolute atomic E-state index is 10.8. The summed E-state index contributed by atoms with van der Waals surface area (Å²) in [6.07, 6.45) is 1.91. The standard InChI is InChI=1S/C16H15N3O2/c1-11-2-5-14(19(20)21)9-15(11)18-10-12-3-4-13-6-7-17-16(13)8-12/h2-9,17-18H,10H2,1H3. The van der Waals surface area contributed by atoms with Crippen molar-refractivity contribution in [2.24, 2.45) is 0 Å². The van der Waals surface area contributed by atoms with Crippen LogP contribution >= 0.6 is 0 Å². The van der Waals surface area contributed by atoms with Crippen LogP contribution in [0.2, 0.25) is 0 Å². The molecule has 0 saturated carbocycles. The first kappa shape index (κ1) is 13.2. The number of nitro groups is 1. The number of H-pyrrole nitrogens is 1. The van der Waals surface area contributed by atoms with Crippen molar-refractivity contribution in [3.05, 3.63) is 69.9 Å². The van der Waals surface area contributed by atoms with Crippen molar-refractivity contribution in [1.29, 1.82) is 0 Å². The van der Waals surface area contributed by atoms with E-state index in [1.165, 1.54) is 11.5 Å². The molecule has 1 heterocycles. The van der Waals surface area contributed by atoms with Crippen LogP contribution in [0.3, 0.4) is 0 Å². The zero-order chi connectivity index (χ0) is 14.8. The van der Waals surface area contributed by atoms with Crippen LogP contribution in [-0.2, 0) is 6.54 Å². The number of non-ortho nitro benzene ring substituents is 1. The SMILES string of the molecule is Cc1ccc([N+](=O)[O-])cc1NCc1ccc2cc[nH]c2c1. The summed E-state index contributed by atoms with van der Waals surface area (Å²) >= 11 is 0. The summed E-state index contributed by atoms with van der Waals surface area (Å²) in [7, 11) is 0. The van der Waals surface area contributed by atoms with Gasteiger partial charge in [-0.3, -0.25) is 10.1 Å². The van der Waals surface area contributed by atoms with E-state index in [0.29, 0.717) is 6.54 Å². The maximum atomic E-state index is 10.8. The Morgan fingerprint density at radius 3 is 2.86 bits per heavy atom. The Hall–Kier alpha value is -2.82. The van der Waals surface area contributed by atoms with Crippen molar-refractivity contribution in [2.45, 2.75) is 13.5 Å². The van der Waals surface area contributed by atoms with Gasteiger partial charge in [-0.05, 0) is 35.6 Å². The number of rotatable bonds is 4. The number of hydrogen-bond acceptors (Lipinski definition) is 3. The highest BCUT2D eigenvalue weighted by atomic mass is 16.6. The van der Waals surface area contributed by atoms with Gasteiger partial charge in [0.2, 0.25) is 0 Å². The fourth-order valence-corrected chi connectivity index (χ4v) is 2.32. The molecule has 21 heavy (non-hydrogen) atoms. The molecule has 3 rings (SSSR count). The van der Waals surface area contributed by atoms with Crippen molar-refractivity contribution in [3.8, 4) is 0 Å². The Labute approximate surface area is 121 Å². The summed E-state index contributed by atoms with van der Waals surface area (Å²) in [4.78, 5) is 13.6. The molecule has 2 aromatic carbocycles. The van der Waals surface area contributed by atoms with Crippen LogP contribution in [0.15, 0.2) is 48.7 Å². The van der Waals surface area contributed by atoms with Gasteiger partial charge in [-0.25, -0.2) is 0 Å². The molecule has 5 heteroatoms. The monoisotopic (exact) mass is 281 g/mol. The molecule has 0 bridgehead atoms. The van der Waals surface area contributed by atoms with Gasteiger partial charge in [-0.15, -0.1) is 0 Å². The van der Waals surface area contributed by atoms with E-state index in [9.17, 15) is 10.1 Å². The molecule has 106 valence electrons. The zero-order valence-electron chi connectivity index (χ0n) is 11.6. The predicted octanol–water partition coefficient (Wildman–Crippen LogP) is 4.00. The van der Waals surface area contributed by atoms with Gasteiger partial charge in [0.1, 0.15) is 0 Å². The minimum Gasteiger partial charge on any atom is -0.381 e. The molecular weight excluding hydrogens is 266 g/mol. The number of nitrogens with one attached hydrogen (secondary N) is 2. The topological polar surface area (TPSA) is 71.0 Å². The molecule has 3 aromatic rings. The molecule has 0 radical (unpaired) electrons. The van der Waals surface area contributed by atoms with E-state index in [1.807, 2.05) is 19.2 Å². The lowest BCUT2D eigenvalue weighted by molar-refractivity contribution is -0.384. The average molecular weight is 281 g/mol. The number of nitro benzene ring substituents is 1. The lowest BCUT2D eigenvalue weighted by Crippen LogP contribution is -2.02. The van der Waals surface area contributed by atoms with Gasteiger partial charge in [0.25, 0.3) is 5.69 Å². The van der Waals surface area contributed by atoms with Gasteiger partial charge < -0.3 is 10.3 Å². The highest BCUT2D eigenvalue weighted by Gasteiger charge is 2.08. The number of nitrogens with zero attached hydrogens (tertiary/aromatic N) is 1. The number of aromatic nitrogens is 1. The fraction of sp³-hybridized carbons (Fsp3) is 0.125. The van der Waals surface area contributed by atoms with Crippen LogP contribution < -0.4 is 5.32 Å². The number of aromatic amines is 1. The van der Waals surface area contributed by atoms with Crippen LogP contribution in [-0.4, -0.2) is 9.91 Å². The largest absolute Gasteiger partial charge is 0.381 e. The fourth-order valence-electron chi connectivity index (χ4n) is 2.32. The summed E-state index contributed by atoms with van der Waals surface area (Å²) in [6.45, 7) is 2.55. The van der Waals surface area contributed by atoms with Crippen molar-refractivity contribution >= 4 is 22.3 Å². The number of fused-ring (bicyclic) bond motifs is 1. The van der Waals surface area contributed by atoms with E-state index >= 15 is 0 Å². The molecule has 0 aliphatic rings. The molecular formula is C16H15N3O2. The van der Waals surface area contributed by atoms with Crippen LogP contribution in [0, 0.1) is 17.0 Å². The number of aryl methyl sites for hydroxylation is 1. The van der Waals surface area contributed by atoms with Gasteiger partial charge in [-0.1, -0.05) is 18.2 Å². The second-order valence-electron chi connectivity index (χ2n) is 5.01. The Morgan fingerprint density at radius 2 is 2.05 bits per heavy atom. The zero-order valence-corrected chi connectivity index (χ0v) is 11.6. The van der Waals surface area contributed by atoms with E-state index in [-0.39, 0.29) is 10.6 Å². The third kappa shape index (κ3) is 2.72. The summed E-state index contributed by atoms with van der Waals surface area (Å²) in [5.74, 6) is 0. The maximum Gasteiger partial charge on any atom is 0.271 e. The molecule has 0 spiro atoms. The predicted molar refractivity (Wildman–Crippen MR) is 83.5 cm³/mol. The van der Waals surface area contributed by atoms with Crippen LogP contribution in [0.25, 0.3) is 10.9 Å². The quantitative estimate of drug-likeness (QED) is 0.561. The van der Waals surface area contributed by atoms with Gasteiger partial charge >= 0.3 is 0 Å². The minimum atomic E-state index is -0.379. The van der Waals surface area contributed by atoms with Crippen molar-refractivity contribution in [2.75, 3.05) is 5.32 Å². The first-order chi connectivity index (χ1) is 10.1.